The van der Waals surface area contributed by atoms with Gasteiger partial charge in [0.15, 0.2) is 5.78 Å². The van der Waals surface area contributed by atoms with Crippen molar-refractivity contribution in [3.05, 3.63) is 59.7 Å². The quantitative estimate of drug-likeness (QED) is 0.0358. The number of alkyl carbamates (subject to hydrolysis) is 2. The van der Waals surface area contributed by atoms with E-state index < -0.39 is 41.4 Å². The lowest BCUT2D eigenvalue weighted by Gasteiger charge is -2.19. The molecular weight excluding hydrogens is 1030 g/mol. The van der Waals surface area contributed by atoms with E-state index in [9.17, 15) is 33.9 Å². The third-order valence-electron chi connectivity index (χ3n) is 9.11. The van der Waals surface area contributed by atoms with Gasteiger partial charge in [0.05, 0.1) is 124 Å². The summed E-state index contributed by atoms with van der Waals surface area (Å²) in [5.41, 5.74) is 6.34. The first-order valence-corrected chi connectivity index (χ1v) is 24.9. The highest BCUT2D eigenvalue weighted by Crippen LogP contribution is 2.13. The van der Waals surface area contributed by atoms with Crippen molar-refractivity contribution in [3.63, 3.8) is 0 Å². The normalized spacial score (nSPS) is 11.3. The van der Waals surface area contributed by atoms with E-state index in [0.29, 0.717) is 118 Å². The standard InChI is InChI=1S/C26H42N2O9.C16H31NO8.C10H13NO2.4CH4/c1-20(29)23(19-21-5-7-22(30)8-6-21)28-24(31)9-11-33-13-15-35-17-18-36-16-14-34-12-10-27-25(32)37-26(2,3)4;1-16(2,3)25-15(20)17-5-7-22-9-11-24-13-12-23-10-8-21-6-4-14(18)19;1-7(12)10(11)6-8-2-4-9(13)5-3-8;;;;/h5-8,23,30H,9-19H2,1-4H3,(H,27,32)(H,28,31);4-13H2,1-3H3,(H,17,20)(H,18,19);2-5,10,13H,6,11H2,1H3;4*1H4. The Labute approximate surface area is 471 Å². The van der Waals surface area contributed by atoms with Crippen LogP contribution in [0.1, 0.15) is 109 Å². The van der Waals surface area contributed by atoms with E-state index in [2.05, 4.69) is 16.0 Å². The fourth-order valence-electron chi connectivity index (χ4n) is 5.39. The van der Waals surface area contributed by atoms with Gasteiger partial charge in [0, 0.05) is 19.5 Å². The topological polar surface area (TPSA) is 318 Å². The number of rotatable bonds is 37. The molecule has 0 fully saturated rings. The highest BCUT2D eigenvalue weighted by molar-refractivity contribution is 5.87. The maximum atomic E-state index is 12.1. The maximum absolute atomic E-state index is 12.1. The number of aliphatic carboxylic acids is 1. The van der Waals surface area contributed by atoms with Crippen molar-refractivity contribution in [2.75, 3.05) is 119 Å². The molecule has 0 spiro atoms. The molecule has 3 amide bonds. The summed E-state index contributed by atoms with van der Waals surface area (Å²) in [7, 11) is 0. The smallest absolute Gasteiger partial charge is 0.407 e. The van der Waals surface area contributed by atoms with Gasteiger partial charge in [-0.15, -0.1) is 0 Å². The minimum absolute atomic E-state index is 0. The van der Waals surface area contributed by atoms with Crippen molar-refractivity contribution in [1.29, 1.82) is 0 Å². The molecule has 0 saturated heterocycles. The lowest BCUT2D eigenvalue weighted by atomic mass is 10.0. The Hall–Kier alpha value is -5.50. The third kappa shape index (κ3) is 55.6. The van der Waals surface area contributed by atoms with Crippen molar-refractivity contribution in [2.24, 2.45) is 5.73 Å². The third-order valence-corrected chi connectivity index (χ3v) is 9.11. The number of carboxylic acid groups (broad SMARTS) is 1. The van der Waals surface area contributed by atoms with E-state index in [1.54, 1.807) is 90.1 Å². The summed E-state index contributed by atoms with van der Waals surface area (Å²) >= 11 is 0. The molecule has 0 aliphatic heterocycles. The van der Waals surface area contributed by atoms with Gasteiger partial charge in [-0.05, 0) is 104 Å². The monoisotopic (exact) mass is 1130 g/mol. The number of hydrogen-bond acceptors (Lipinski definition) is 19. The number of hydrogen-bond donors (Lipinski definition) is 7. The lowest BCUT2D eigenvalue weighted by molar-refractivity contribution is -0.138. The second kappa shape index (κ2) is 50.7. The van der Waals surface area contributed by atoms with Crippen molar-refractivity contribution in [1.82, 2.24) is 16.0 Å². The van der Waals surface area contributed by atoms with Crippen LogP contribution in [0.25, 0.3) is 0 Å². The van der Waals surface area contributed by atoms with Crippen LogP contribution in [0.3, 0.4) is 0 Å². The molecule has 0 aromatic heterocycles. The largest absolute Gasteiger partial charge is 0.508 e. The van der Waals surface area contributed by atoms with Gasteiger partial charge in [-0.2, -0.15) is 0 Å². The number of nitrogens with one attached hydrogen (secondary N) is 3. The fraction of sp³-hybridized carbons (Fsp3) is 0.679. The summed E-state index contributed by atoms with van der Waals surface area (Å²) in [6.45, 7) is 20.4. The Morgan fingerprint density at radius 1 is 0.468 bits per heavy atom. The number of ketones is 2. The first-order chi connectivity index (χ1) is 35.5. The van der Waals surface area contributed by atoms with E-state index in [1.807, 2.05) is 0 Å². The highest BCUT2D eigenvalue weighted by atomic mass is 16.6. The van der Waals surface area contributed by atoms with Gasteiger partial charge >= 0.3 is 18.2 Å². The number of carbonyl (C=O) groups excluding carboxylic acids is 5. The molecule has 0 bridgehead atoms. The predicted octanol–water partition coefficient (Wildman–Crippen LogP) is 6.44. The van der Waals surface area contributed by atoms with Crippen LogP contribution in [0.4, 0.5) is 9.59 Å². The summed E-state index contributed by atoms with van der Waals surface area (Å²) in [4.78, 5) is 67.9. The van der Waals surface area contributed by atoms with Gasteiger partial charge in [-0.3, -0.25) is 19.2 Å². The van der Waals surface area contributed by atoms with Gasteiger partial charge in [0.2, 0.25) is 5.91 Å². The molecule has 0 heterocycles. The van der Waals surface area contributed by atoms with Crippen LogP contribution in [-0.4, -0.2) is 193 Å². The molecule has 0 aliphatic rings. The van der Waals surface area contributed by atoms with E-state index in [0.717, 1.165) is 11.1 Å². The summed E-state index contributed by atoms with van der Waals surface area (Å²) in [5.74, 6) is -0.935. The Morgan fingerprint density at radius 3 is 1.08 bits per heavy atom. The Bertz CT molecular complexity index is 1840. The molecule has 23 heteroatoms. The zero-order valence-electron chi connectivity index (χ0n) is 45.3. The van der Waals surface area contributed by atoms with Gasteiger partial charge in [0.25, 0.3) is 0 Å². The zero-order chi connectivity index (χ0) is 56.3. The van der Waals surface area contributed by atoms with Gasteiger partial charge in [-0.25, -0.2) is 9.59 Å². The van der Waals surface area contributed by atoms with Crippen molar-refractivity contribution in [3.8, 4) is 11.5 Å². The fourth-order valence-corrected chi connectivity index (χ4v) is 5.39. The second-order valence-corrected chi connectivity index (χ2v) is 18.3. The molecule has 79 heavy (non-hydrogen) atoms. The molecule has 2 aromatic carbocycles. The number of phenols is 2. The van der Waals surface area contributed by atoms with E-state index in [4.69, 9.17) is 63.3 Å². The van der Waals surface area contributed by atoms with Crippen molar-refractivity contribution >= 4 is 35.6 Å². The number of phenolic OH excluding ortho intramolecular Hbond substituents is 2. The maximum Gasteiger partial charge on any atom is 0.407 e. The van der Waals surface area contributed by atoms with Crippen LogP contribution < -0.4 is 21.7 Å². The van der Waals surface area contributed by atoms with Crippen molar-refractivity contribution in [2.45, 2.75) is 134 Å². The van der Waals surface area contributed by atoms with Crippen LogP contribution in [0.2, 0.25) is 0 Å². The number of benzene rings is 2. The Kier molecular flexibility index (Phi) is 52.8. The van der Waals surface area contributed by atoms with Gasteiger partial charge in [-0.1, -0.05) is 54.0 Å². The number of amides is 3. The van der Waals surface area contributed by atoms with E-state index >= 15 is 0 Å². The van der Waals surface area contributed by atoms with Crippen LogP contribution in [0, 0.1) is 0 Å². The number of carboxylic acids is 1. The number of nitrogens with two attached hydrogens (primary N) is 1. The SMILES string of the molecule is C.C.C.C.CC(=O)C(Cc1ccc(O)cc1)NC(=O)CCOCCOCCOCCOCCNC(=O)OC(C)(C)C.CC(=O)C(N)Cc1ccc(O)cc1.CC(C)(C)OC(=O)NCCOCCOCCOCCOCCC(=O)O. The molecule has 2 aromatic rings. The van der Waals surface area contributed by atoms with Crippen LogP contribution in [0.5, 0.6) is 11.5 Å². The molecule has 2 unspecified atom stereocenters. The minimum atomic E-state index is -0.878. The van der Waals surface area contributed by atoms with E-state index in [-0.39, 0.29) is 84.7 Å². The van der Waals surface area contributed by atoms with Crippen LogP contribution in [0.15, 0.2) is 48.5 Å². The Morgan fingerprint density at radius 2 is 0.772 bits per heavy atom. The minimum Gasteiger partial charge on any atom is -0.508 e. The van der Waals surface area contributed by atoms with E-state index in [1.165, 1.54) is 13.8 Å². The lowest BCUT2D eigenvalue weighted by Crippen LogP contribution is -2.41. The molecule has 0 radical (unpaired) electrons. The zero-order valence-corrected chi connectivity index (χ0v) is 45.3. The van der Waals surface area contributed by atoms with Crippen LogP contribution in [-0.2, 0) is 79.4 Å². The van der Waals surface area contributed by atoms with Crippen molar-refractivity contribution < 1.29 is 91.5 Å². The second-order valence-electron chi connectivity index (χ2n) is 18.3. The summed E-state index contributed by atoms with van der Waals surface area (Å²) < 4.78 is 52.7. The number of Topliss-reactive ketones (excluding diaryl/α,β-unsaturated/α-hetero) is 2. The molecule has 0 aliphatic carbocycles. The van der Waals surface area contributed by atoms with Crippen LogP contribution >= 0.6 is 0 Å². The summed E-state index contributed by atoms with van der Waals surface area (Å²) in [6, 6.07) is 12.1. The van der Waals surface area contributed by atoms with Gasteiger partial charge in [0.1, 0.15) is 28.5 Å². The predicted molar refractivity (Wildman–Crippen MR) is 304 cm³/mol. The molecule has 2 atom stereocenters. The molecular formula is C56H102N4O19. The summed E-state index contributed by atoms with van der Waals surface area (Å²) in [5, 5.41) is 34.7. The Balaban J connectivity index is -0.000000376. The average molecular weight is 1140 g/mol. The molecule has 0 saturated carbocycles. The first kappa shape index (κ1) is 82.3. The molecule has 460 valence electrons. The highest BCUT2D eigenvalue weighted by Gasteiger charge is 2.19. The number of carbonyl (C=O) groups is 6. The summed E-state index contributed by atoms with van der Waals surface area (Å²) in [6.07, 6.45) is 0.0777. The average Bonchev–Trinajstić information content (AvgIpc) is 3.31. The number of ether oxygens (including phenoxy) is 10. The number of aromatic hydroxyl groups is 2. The first-order valence-electron chi connectivity index (χ1n) is 24.9. The molecule has 23 nitrogen and oxygen atoms in total. The molecule has 8 N–H and O–H groups in total. The molecule has 2 rings (SSSR count). The van der Waals surface area contributed by atoms with Gasteiger partial charge < -0.3 is 84.4 Å².